The summed E-state index contributed by atoms with van der Waals surface area (Å²) in [5.41, 5.74) is 0. The molecule has 52 valence electrons. The summed E-state index contributed by atoms with van der Waals surface area (Å²) < 4.78 is 25.5. The van der Waals surface area contributed by atoms with E-state index in [1.54, 1.807) is 0 Å². The van der Waals surface area contributed by atoms with Crippen LogP contribution in [0.1, 0.15) is 0 Å². The first kappa shape index (κ1) is 9.00. The third-order valence-corrected chi connectivity index (χ3v) is 0.556. The monoisotopic (exact) mass is 175 g/mol. The van der Waals surface area contributed by atoms with Gasteiger partial charge in [-0.1, -0.05) is 0 Å². The van der Waals surface area contributed by atoms with Gasteiger partial charge in [0.05, 0.1) is 9.35 Å². The van der Waals surface area contributed by atoms with E-state index in [2.05, 4.69) is 14.4 Å². The quantitative estimate of drug-likeness (QED) is 0.349. The summed E-state index contributed by atoms with van der Waals surface area (Å²) in [6.45, 7) is 0. The van der Waals surface area contributed by atoms with Crippen LogP contribution in [0, 0.1) is 0 Å². The van der Waals surface area contributed by atoms with E-state index in [4.69, 9.17) is 4.89 Å². The molecule has 0 fully saturated rings. The number of rotatable bonds is 4. The average Bonchev–Trinajstić information content (AvgIpc) is 1.63. The molecule has 0 aromatic carbocycles. The molecule has 2 unspecified atom stereocenters. The van der Waals surface area contributed by atoms with Crippen molar-refractivity contribution in [3.8, 4) is 0 Å². The highest BCUT2D eigenvalue weighted by atomic mass is 31.1. The Bertz CT molecular complexity index is 102. The van der Waals surface area contributed by atoms with Crippen molar-refractivity contribution in [1.82, 2.24) is 0 Å². The third-order valence-electron chi connectivity index (χ3n) is 0.185. The summed E-state index contributed by atoms with van der Waals surface area (Å²) in [6, 6.07) is 0. The fourth-order valence-corrected chi connectivity index (χ4v) is 0.275. The molecule has 9 heavy (non-hydrogen) atoms. The van der Waals surface area contributed by atoms with E-state index in [1.807, 2.05) is 0 Å². The molecular weight excluding hydrogens is 174 g/mol. The van der Waals surface area contributed by atoms with Crippen LogP contribution in [-0.4, -0.2) is 4.89 Å². The van der Waals surface area contributed by atoms with Gasteiger partial charge in [-0.2, -0.15) is 0 Å². The van der Waals surface area contributed by atoms with Gasteiger partial charge >= 0.3 is 16.5 Å². The topological polar surface area (TPSA) is 105 Å². The van der Waals surface area contributed by atoms with E-state index in [9.17, 15) is 14.0 Å². The molecule has 2 atom stereocenters. The van der Waals surface area contributed by atoms with Crippen molar-refractivity contribution in [2.75, 3.05) is 0 Å². The maximum Gasteiger partial charge on any atom is 0.728 e. The molecule has 9 heteroatoms. The molecule has 0 amide bonds. The van der Waals surface area contributed by atoms with E-state index in [0.29, 0.717) is 0 Å². The van der Waals surface area contributed by atoms with E-state index >= 15 is 0 Å². The summed E-state index contributed by atoms with van der Waals surface area (Å²) in [5.74, 6) is 0. The maximum atomic E-state index is 9.50. The van der Waals surface area contributed by atoms with Gasteiger partial charge in [0.25, 0.3) is 0 Å². The summed E-state index contributed by atoms with van der Waals surface area (Å²) in [6.07, 6.45) is 0. The Hall–Kier alpha value is -0.0000000000000000486. The average molecular weight is 175 g/mol. The molecule has 0 radical (unpaired) electrons. The van der Waals surface area contributed by atoms with Crippen LogP contribution < -0.4 is 4.89 Å². The van der Waals surface area contributed by atoms with Crippen molar-refractivity contribution in [1.29, 1.82) is 0 Å². The van der Waals surface area contributed by atoms with Gasteiger partial charge in [0.1, 0.15) is 0 Å². The molecule has 0 saturated carbocycles. The molecule has 0 heterocycles. The van der Waals surface area contributed by atoms with E-state index in [1.165, 1.54) is 0 Å². The zero-order valence-corrected chi connectivity index (χ0v) is 5.58. The molecule has 0 aromatic rings. The molecule has 0 aliphatic carbocycles. The van der Waals surface area contributed by atoms with E-state index in [0.717, 1.165) is 0 Å². The fraction of sp³-hybridized carbons (Fsp3) is 0. The zero-order chi connectivity index (χ0) is 7.28. The van der Waals surface area contributed by atoms with Crippen LogP contribution in [-0.2, 0) is 23.5 Å². The maximum absolute atomic E-state index is 9.50. The van der Waals surface area contributed by atoms with Crippen LogP contribution >= 0.6 is 16.5 Å². The van der Waals surface area contributed by atoms with Gasteiger partial charge in [-0.05, 0) is 4.57 Å². The van der Waals surface area contributed by atoms with Gasteiger partial charge in [-0.15, -0.1) is 4.89 Å². The smallest absolute Gasteiger partial charge is 0.564 e. The molecule has 7 nitrogen and oxygen atoms in total. The Labute approximate surface area is 50.9 Å². The van der Waals surface area contributed by atoms with Crippen LogP contribution in [0.4, 0.5) is 0 Å². The van der Waals surface area contributed by atoms with Gasteiger partial charge in [-0.25, -0.2) is 0 Å². The molecule has 0 aromatic heterocycles. The van der Waals surface area contributed by atoms with Crippen molar-refractivity contribution in [2.45, 2.75) is 0 Å². The summed E-state index contributed by atoms with van der Waals surface area (Å²) in [5, 5.41) is 3.23. The molecule has 0 aliphatic rings. The second-order valence-electron chi connectivity index (χ2n) is 0.679. The van der Waals surface area contributed by atoms with Gasteiger partial charge in [0.15, 0.2) is 0 Å². The standard InChI is InChI=1S/O7P2/c1-8(2)6-5-7-9(3)4/p+1. The molecule has 0 saturated heterocycles. The van der Waals surface area contributed by atoms with E-state index in [-0.39, 0.29) is 0 Å². The Morgan fingerprint density at radius 1 is 1.33 bits per heavy atom. The van der Waals surface area contributed by atoms with Crippen molar-refractivity contribution in [3.63, 3.8) is 0 Å². The molecule has 0 aliphatic heterocycles. The lowest BCUT2D eigenvalue weighted by Crippen LogP contribution is -1.91. The predicted octanol–water partition coefficient (Wildman–Crippen LogP) is -0.466. The lowest BCUT2D eigenvalue weighted by atomic mass is 14.6. The van der Waals surface area contributed by atoms with Gasteiger partial charge in [-0.3, -0.25) is 0 Å². The first-order valence-electron chi connectivity index (χ1n) is 1.45. The lowest BCUT2D eigenvalue weighted by molar-refractivity contribution is -0.428. The van der Waals surface area contributed by atoms with Crippen molar-refractivity contribution < 1.29 is 33.3 Å². The minimum atomic E-state index is -3.22. The molecule has 0 rings (SSSR count). The Balaban J connectivity index is 3.10. The normalized spacial score (nSPS) is 13.1. The summed E-state index contributed by atoms with van der Waals surface area (Å²) >= 11 is 0. The Kier molecular flexibility index (Phi) is 4.84. The second kappa shape index (κ2) is 4.84. The van der Waals surface area contributed by atoms with E-state index < -0.39 is 16.5 Å². The minimum absolute atomic E-state index is 3.00. The van der Waals surface area contributed by atoms with Crippen LogP contribution in [0.3, 0.4) is 0 Å². The van der Waals surface area contributed by atoms with Crippen LogP contribution in [0.15, 0.2) is 0 Å². The summed E-state index contributed by atoms with van der Waals surface area (Å²) in [4.78, 5) is 17.2. The van der Waals surface area contributed by atoms with Gasteiger partial charge in [0, 0.05) is 9.60 Å². The zero-order valence-electron chi connectivity index (χ0n) is 3.79. The van der Waals surface area contributed by atoms with Crippen LogP contribution in [0.25, 0.3) is 0 Å². The largest absolute Gasteiger partial charge is 0.728 e. The summed E-state index contributed by atoms with van der Waals surface area (Å²) in [7, 11) is -6.21. The highest BCUT2D eigenvalue weighted by Gasteiger charge is 2.17. The first-order valence-corrected chi connectivity index (χ1v) is 3.67. The van der Waals surface area contributed by atoms with Crippen LogP contribution in [0.5, 0.6) is 0 Å². The van der Waals surface area contributed by atoms with Crippen molar-refractivity contribution >= 4 is 16.5 Å². The Morgan fingerprint density at radius 3 is 2.22 bits per heavy atom. The molecular formula is HO7P2+. The lowest BCUT2D eigenvalue weighted by Gasteiger charge is -1.77. The van der Waals surface area contributed by atoms with Gasteiger partial charge in [0.2, 0.25) is 0 Å². The first-order chi connectivity index (χ1) is 4.13. The highest BCUT2D eigenvalue weighted by Crippen LogP contribution is 2.18. The predicted molar refractivity (Wildman–Crippen MR) is 20.7 cm³/mol. The van der Waals surface area contributed by atoms with Crippen molar-refractivity contribution in [2.24, 2.45) is 0 Å². The van der Waals surface area contributed by atoms with Crippen LogP contribution in [0.2, 0.25) is 0 Å². The molecule has 0 spiro atoms. The highest BCUT2D eigenvalue weighted by molar-refractivity contribution is 7.32. The minimum Gasteiger partial charge on any atom is -0.564 e. The SMILES string of the molecule is O=[P+]([O-])OOO[P+](=O)O. The third kappa shape index (κ3) is 8.00. The number of hydrogen-bond donors (Lipinski definition) is 1. The van der Waals surface area contributed by atoms with Crippen molar-refractivity contribution in [3.05, 3.63) is 0 Å². The number of hydrogen-bond acceptors (Lipinski definition) is 6. The second-order valence-corrected chi connectivity index (χ2v) is 1.90. The Morgan fingerprint density at radius 2 is 1.89 bits per heavy atom. The fourth-order valence-electron chi connectivity index (χ4n) is 0.0645. The molecule has 1 N–H and O–H groups in total. The molecule has 0 bridgehead atoms. The van der Waals surface area contributed by atoms with Gasteiger partial charge < -0.3 is 4.89 Å².